The third-order valence-corrected chi connectivity index (χ3v) is 4.81. The number of nitrogens with two attached hydrogens (primary N) is 1. The maximum absolute atomic E-state index is 13.3. The molecule has 0 spiro atoms. The molecule has 0 saturated carbocycles. The lowest BCUT2D eigenvalue weighted by Crippen LogP contribution is -2.10. The first kappa shape index (κ1) is 19.6. The Balaban J connectivity index is 1.75. The fourth-order valence-corrected chi connectivity index (χ4v) is 3.34. The molecule has 1 heterocycles. The Hall–Kier alpha value is -3.74. The monoisotopic (exact) mass is 407 g/mol. The highest BCUT2D eigenvalue weighted by atomic mass is 19.4. The molecule has 3 aromatic carbocycles. The van der Waals surface area contributed by atoms with Crippen LogP contribution in [-0.2, 0) is 6.18 Å². The van der Waals surface area contributed by atoms with Crippen LogP contribution in [0.3, 0.4) is 0 Å². The SMILES string of the molecule is Cc1nc2c(C(F)(F)F)cccc2nc1-c1ccc(-c2cccc(C(N)=O)c2)cc1. The largest absolute Gasteiger partial charge is 0.418 e. The minimum absolute atomic E-state index is 0.161. The van der Waals surface area contributed by atoms with Crippen LogP contribution in [0, 0.1) is 6.92 Å². The number of aromatic nitrogens is 2. The van der Waals surface area contributed by atoms with Crippen LogP contribution in [0.2, 0.25) is 0 Å². The van der Waals surface area contributed by atoms with E-state index in [1.165, 1.54) is 12.1 Å². The van der Waals surface area contributed by atoms with Crippen LogP contribution >= 0.6 is 0 Å². The summed E-state index contributed by atoms with van der Waals surface area (Å²) in [4.78, 5) is 20.0. The molecule has 0 aliphatic rings. The lowest BCUT2D eigenvalue weighted by atomic mass is 10.00. The highest BCUT2D eigenvalue weighted by molar-refractivity contribution is 5.94. The average Bonchev–Trinajstić information content (AvgIpc) is 2.72. The Bertz CT molecular complexity index is 1270. The molecule has 4 nitrogen and oxygen atoms in total. The van der Waals surface area contributed by atoms with Crippen molar-refractivity contribution in [2.75, 3.05) is 0 Å². The van der Waals surface area contributed by atoms with Crippen molar-refractivity contribution in [2.24, 2.45) is 5.73 Å². The Morgan fingerprint density at radius 2 is 1.53 bits per heavy atom. The first-order valence-corrected chi connectivity index (χ1v) is 9.09. The van der Waals surface area contributed by atoms with E-state index in [2.05, 4.69) is 9.97 Å². The van der Waals surface area contributed by atoms with E-state index in [4.69, 9.17) is 5.73 Å². The van der Waals surface area contributed by atoms with Gasteiger partial charge in [-0.1, -0.05) is 42.5 Å². The van der Waals surface area contributed by atoms with E-state index in [1.807, 2.05) is 30.3 Å². The second kappa shape index (κ2) is 7.26. The first-order chi connectivity index (χ1) is 14.2. The van der Waals surface area contributed by atoms with Crippen molar-refractivity contribution in [2.45, 2.75) is 13.1 Å². The predicted molar refractivity (Wildman–Crippen MR) is 109 cm³/mol. The summed E-state index contributed by atoms with van der Waals surface area (Å²) in [5, 5.41) is 0. The molecule has 4 rings (SSSR count). The maximum atomic E-state index is 13.3. The van der Waals surface area contributed by atoms with E-state index in [9.17, 15) is 18.0 Å². The number of halogens is 3. The summed E-state index contributed by atoms with van der Waals surface area (Å²) >= 11 is 0. The van der Waals surface area contributed by atoms with Crippen LogP contribution in [0.5, 0.6) is 0 Å². The fourth-order valence-electron chi connectivity index (χ4n) is 3.34. The number of hydrogen-bond acceptors (Lipinski definition) is 3. The number of para-hydroxylation sites is 1. The van der Waals surface area contributed by atoms with Gasteiger partial charge in [-0.05, 0) is 42.3 Å². The van der Waals surface area contributed by atoms with Gasteiger partial charge in [0.1, 0.15) is 5.52 Å². The molecule has 30 heavy (non-hydrogen) atoms. The number of rotatable bonds is 3. The molecular formula is C23H16F3N3O. The van der Waals surface area contributed by atoms with Gasteiger partial charge < -0.3 is 5.73 Å². The smallest absolute Gasteiger partial charge is 0.366 e. The molecule has 0 aliphatic carbocycles. The number of hydrogen-bond donors (Lipinski definition) is 1. The molecule has 1 aromatic heterocycles. The van der Waals surface area contributed by atoms with Crippen LogP contribution in [0.15, 0.2) is 66.7 Å². The molecule has 0 unspecified atom stereocenters. The average molecular weight is 407 g/mol. The molecule has 0 bridgehead atoms. The number of primary amides is 1. The maximum Gasteiger partial charge on any atom is 0.418 e. The zero-order valence-electron chi connectivity index (χ0n) is 15.9. The molecule has 0 fully saturated rings. The minimum Gasteiger partial charge on any atom is -0.366 e. The minimum atomic E-state index is -4.50. The van der Waals surface area contributed by atoms with E-state index in [0.29, 0.717) is 17.0 Å². The zero-order chi connectivity index (χ0) is 21.5. The molecule has 4 aromatic rings. The van der Waals surface area contributed by atoms with Crippen molar-refractivity contribution < 1.29 is 18.0 Å². The molecule has 0 radical (unpaired) electrons. The van der Waals surface area contributed by atoms with Gasteiger partial charge >= 0.3 is 6.18 Å². The topological polar surface area (TPSA) is 68.9 Å². The molecule has 0 saturated heterocycles. The van der Waals surface area contributed by atoms with E-state index < -0.39 is 17.6 Å². The number of carbonyl (C=O) groups is 1. The van der Waals surface area contributed by atoms with E-state index in [-0.39, 0.29) is 11.0 Å². The van der Waals surface area contributed by atoms with Gasteiger partial charge in [0.05, 0.1) is 22.5 Å². The Kier molecular flexibility index (Phi) is 4.73. The van der Waals surface area contributed by atoms with E-state index in [1.54, 1.807) is 25.1 Å². The molecule has 150 valence electrons. The molecule has 0 atom stereocenters. The molecule has 2 N–H and O–H groups in total. The van der Waals surface area contributed by atoms with Crippen molar-refractivity contribution in [3.05, 3.63) is 83.6 Å². The molecule has 0 aliphatic heterocycles. The number of alkyl halides is 3. The third-order valence-electron chi connectivity index (χ3n) is 4.81. The van der Waals surface area contributed by atoms with Gasteiger partial charge in [-0.15, -0.1) is 0 Å². The summed E-state index contributed by atoms with van der Waals surface area (Å²) < 4.78 is 39.8. The van der Waals surface area contributed by atoms with Crippen LogP contribution in [-0.4, -0.2) is 15.9 Å². The number of amides is 1. The van der Waals surface area contributed by atoms with Crippen molar-refractivity contribution in [1.82, 2.24) is 9.97 Å². The fraction of sp³-hybridized carbons (Fsp3) is 0.0870. The summed E-state index contributed by atoms with van der Waals surface area (Å²) in [5.74, 6) is -0.506. The Morgan fingerprint density at radius 3 is 2.20 bits per heavy atom. The van der Waals surface area contributed by atoms with Gasteiger partial charge in [0, 0.05) is 11.1 Å². The standard InChI is InChI=1S/C23H16F3N3O/c1-13-20(29-19-7-3-6-18(21(19)28-13)23(24,25)26)15-10-8-14(9-11-15)16-4-2-5-17(12-16)22(27)30/h2-12H,1H3,(H2,27,30). The number of nitrogens with zero attached hydrogens (tertiary/aromatic N) is 2. The number of carbonyl (C=O) groups excluding carboxylic acids is 1. The number of fused-ring (bicyclic) bond motifs is 1. The quantitative estimate of drug-likeness (QED) is 0.495. The van der Waals surface area contributed by atoms with Gasteiger partial charge in [0.2, 0.25) is 5.91 Å². The number of benzene rings is 3. The lowest BCUT2D eigenvalue weighted by Gasteiger charge is -2.12. The van der Waals surface area contributed by atoms with Crippen molar-refractivity contribution in [3.63, 3.8) is 0 Å². The van der Waals surface area contributed by atoms with Crippen LogP contribution in [0.25, 0.3) is 33.4 Å². The van der Waals surface area contributed by atoms with E-state index >= 15 is 0 Å². The number of aryl methyl sites for hydroxylation is 1. The lowest BCUT2D eigenvalue weighted by molar-refractivity contribution is -0.136. The third kappa shape index (κ3) is 3.61. The van der Waals surface area contributed by atoms with Gasteiger partial charge in [0.25, 0.3) is 0 Å². The van der Waals surface area contributed by atoms with Crippen LogP contribution in [0.4, 0.5) is 13.2 Å². The van der Waals surface area contributed by atoms with Crippen molar-refractivity contribution in [1.29, 1.82) is 0 Å². The second-order valence-electron chi connectivity index (χ2n) is 6.85. The summed E-state index contributed by atoms with van der Waals surface area (Å²) in [6, 6.07) is 18.2. The van der Waals surface area contributed by atoms with Gasteiger partial charge in [-0.25, -0.2) is 9.97 Å². The highest BCUT2D eigenvalue weighted by Crippen LogP contribution is 2.35. The summed E-state index contributed by atoms with van der Waals surface area (Å²) in [5.41, 5.74) is 8.32. The second-order valence-corrected chi connectivity index (χ2v) is 6.85. The Morgan fingerprint density at radius 1 is 0.867 bits per heavy atom. The van der Waals surface area contributed by atoms with Crippen molar-refractivity contribution in [3.8, 4) is 22.4 Å². The Labute approximate surface area is 170 Å². The summed E-state index contributed by atoms with van der Waals surface area (Å²) in [6.45, 7) is 1.64. The highest BCUT2D eigenvalue weighted by Gasteiger charge is 2.33. The molecule has 7 heteroatoms. The van der Waals surface area contributed by atoms with Gasteiger partial charge in [0.15, 0.2) is 0 Å². The van der Waals surface area contributed by atoms with Gasteiger partial charge in [-0.3, -0.25) is 4.79 Å². The first-order valence-electron chi connectivity index (χ1n) is 9.09. The van der Waals surface area contributed by atoms with Crippen LogP contribution in [0.1, 0.15) is 21.6 Å². The summed E-state index contributed by atoms with van der Waals surface area (Å²) in [6.07, 6.45) is -4.50. The van der Waals surface area contributed by atoms with Crippen LogP contribution < -0.4 is 5.73 Å². The summed E-state index contributed by atoms with van der Waals surface area (Å²) in [7, 11) is 0. The van der Waals surface area contributed by atoms with E-state index in [0.717, 1.165) is 22.8 Å². The molecule has 1 amide bonds. The normalized spacial score (nSPS) is 11.6. The molecular weight excluding hydrogens is 391 g/mol. The van der Waals surface area contributed by atoms with Crippen molar-refractivity contribution >= 4 is 16.9 Å². The van der Waals surface area contributed by atoms with Gasteiger partial charge in [-0.2, -0.15) is 13.2 Å². The predicted octanol–water partition coefficient (Wildman–Crippen LogP) is 5.39. The zero-order valence-corrected chi connectivity index (χ0v) is 15.9.